The molecule has 3 aromatic rings. The van der Waals surface area contributed by atoms with Crippen LogP contribution in [0, 0.1) is 5.41 Å². The van der Waals surface area contributed by atoms with Crippen LogP contribution in [0.3, 0.4) is 0 Å². The highest BCUT2D eigenvalue weighted by molar-refractivity contribution is 6.04. The fourth-order valence-corrected chi connectivity index (χ4v) is 5.41. The number of benzene rings is 3. The van der Waals surface area contributed by atoms with E-state index in [1.807, 2.05) is 91.9 Å². The molecule has 5 nitrogen and oxygen atoms in total. The van der Waals surface area contributed by atoms with Gasteiger partial charge >= 0.3 is 5.97 Å². The van der Waals surface area contributed by atoms with Crippen molar-refractivity contribution in [1.82, 2.24) is 5.32 Å². The topological polar surface area (TPSA) is 64.6 Å². The van der Waals surface area contributed by atoms with Gasteiger partial charge in [0.25, 0.3) is 0 Å². The van der Waals surface area contributed by atoms with Crippen LogP contribution < -0.4 is 10.1 Å². The molecule has 0 bridgehead atoms. The Morgan fingerprint density at radius 1 is 0.921 bits per heavy atom. The van der Waals surface area contributed by atoms with E-state index in [-0.39, 0.29) is 17.8 Å². The van der Waals surface area contributed by atoms with Gasteiger partial charge in [-0.05, 0) is 54.2 Å². The Bertz CT molecular complexity index is 1400. The minimum Gasteiger partial charge on any atom is -0.462 e. The molecule has 0 saturated carbocycles. The zero-order valence-corrected chi connectivity index (χ0v) is 22.1. The zero-order valence-electron chi connectivity index (χ0n) is 22.1. The number of hydrogen-bond acceptors (Lipinski definition) is 5. The average Bonchev–Trinajstić information content (AvgIpc) is 2.88. The van der Waals surface area contributed by atoms with Crippen LogP contribution in [0.1, 0.15) is 50.7 Å². The number of Topliss-reactive ketones (excluding diaryl/α,β-unsaturated/α-hetero) is 1. The normalized spacial score (nSPS) is 18.5. The van der Waals surface area contributed by atoms with Crippen LogP contribution in [-0.4, -0.2) is 18.4 Å². The average molecular weight is 508 g/mol. The molecule has 1 aliphatic carbocycles. The van der Waals surface area contributed by atoms with Gasteiger partial charge in [0.2, 0.25) is 0 Å². The summed E-state index contributed by atoms with van der Waals surface area (Å²) in [4.78, 5) is 27.2. The molecule has 5 rings (SSSR count). The number of esters is 1. The smallest absolute Gasteiger partial charge is 0.336 e. The zero-order chi connectivity index (χ0) is 26.7. The third-order valence-corrected chi connectivity index (χ3v) is 7.10. The number of allylic oxidation sites excluding steroid dienone is 3. The molecule has 3 aromatic carbocycles. The molecule has 0 unspecified atom stereocenters. The first kappa shape index (κ1) is 25.5. The first-order valence-corrected chi connectivity index (χ1v) is 13.1. The van der Waals surface area contributed by atoms with E-state index in [2.05, 4.69) is 19.2 Å². The molecule has 0 amide bonds. The molecule has 1 N–H and O–H groups in total. The van der Waals surface area contributed by atoms with Crippen LogP contribution >= 0.6 is 0 Å². The standard InChI is InChI=1S/C33H33NO4/c1-22-29(32(36)37-18-17-23-11-6-4-7-12-23)30(31-27(34-22)20-33(2,3)21-28(31)35)24-13-10-16-26(19-24)38-25-14-8-5-9-15-25/h4-16,19,30,34H,17-18,20-21H2,1-3H3/t30-/m0/s1. The van der Waals surface area contributed by atoms with Crippen molar-refractivity contribution in [2.45, 2.75) is 46.0 Å². The van der Waals surface area contributed by atoms with Crippen LogP contribution in [0.4, 0.5) is 0 Å². The van der Waals surface area contributed by atoms with Gasteiger partial charge in [0, 0.05) is 35.7 Å². The molecule has 0 fully saturated rings. The minimum atomic E-state index is -0.529. The van der Waals surface area contributed by atoms with Gasteiger partial charge in [0.05, 0.1) is 12.2 Å². The summed E-state index contributed by atoms with van der Waals surface area (Å²) in [5.41, 5.74) is 4.52. The number of ketones is 1. The molecule has 0 saturated heterocycles. The van der Waals surface area contributed by atoms with Crippen molar-refractivity contribution < 1.29 is 19.1 Å². The fraction of sp³-hybridized carbons (Fsp3) is 0.273. The predicted octanol–water partition coefficient (Wildman–Crippen LogP) is 6.87. The number of rotatable bonds is 7. The highest BCUT2D eigenvalue weighted by Crippen LogP contribution is 2.47. The lowest BCUT2D eigenvalue weighted by Gasteiger charge is -2.39. The van der Waals surface area contributed by atoms with Gasteiger partial charge in [-0.15, -0.1) is 0 Å². The SMILES string of the molecule is CC1=C(C(=O)OCCc2ccccc2)[C@H](c2cccc(Oc3ccccc3)c2)C2=C(CC(C)(C)CC2=O)N1. The maximum atomic E-state index is 13.6. The number of carbonyl (C=O) groups is 2. The summed E-state index contributed by atoms with van der Waals surface area (Å²) in [6.45, 7) is 6.36. The first-order chi connectivity index (χ1) is 18.3. The molecule has 5 heteroatoms. The Morgan fingerprint density at radius 2 is 1.61 bits per heavy atom. The second kappa shape index (κ2) is 10.7. The fourth-order valence-electron chi connectivity index (χ4n) is 5.41. The lowest BCUT2D eigenvalue weighted by Crippen LogP contribution is -2.38. The molecule has 0 radical (unpaired) electrons. The van der Waals surface area contributed by atoms with E-state index in [9.17, 15) is 9.59 Å². The predicted molar refractivity (Wildman–Crippen MR) is 148 cm³/mol. The van der Waals surface area contributed by atoms with Gasteiger partial charge in [-0.1, -0.05) is 74.5 Å². The maximum absolute atomic E-state index is 13.6. The van der Waals surface area contributed by atoms with Crippen molar-refractivity contribution in [1.29, 1.82) is 0 Å². The summed E-state index contributed by atoms with van der Waals surface area (Å²) in [6, 6.07) is 27.2. The van der Waals surface area contributed by atoms with Crippen LogP contribution in [0.15, 0.2) is 107 Å². The van der Waals surface area contributed by atoms with Crippen molar-refractivity contribution in [3.63, 3.8) is 0 Å². The second-order valence-electron chi connectivity index (χ2n) is 10.8. The third kappa shape index (κ3) is 5.57. The van der Waals surface area contributed by atoms with Crippen molar-refractivity contribution >= 4 is 11.8 Å². The largest absolute Gasteiger partial charge is 0.462 e. The Hall–Kier alpha value is -4.12. The van der Waals surface area contributed by atoms with Crippen LogP contribution in [0.25, 0.3) is 0 Å². The minimum absolute atomic E-state index is 0.0604. The van der Waals surface area contributed by atoms with Gasteiger partial charge < -0.3 is 14.8 Å². The molecule has 1 aliphatic heterocycles. The molecular weight excluding hydrogens is 474 g/mol. The van der Waals surface area contributed by atoms with Crippen molar-refractivity contribution in [2.75, 3.05) is 6.61 Å². The van der Waals surface area contributed by atoms with Crippen LogP contribution in [0.5, 0.6) is 11.5 Å². The molecule has 1 atom stereocenters. The number of hydrogen-bond donors (Lipinski definition) is 1. The van der Waals surface area contributed by atoms with Gasteiger partial charge in [0.1, 0.15) is 11.5 Å². The summed E-state index contributed by atoms with van der Waals surface area (Å²) in [6.07, 6.45) is 1.79. The number of carbonyl (C=O) groups excluding carboxylic acids is 2. The second-order valence-corrected chi connectivity index (χ2v) is 10.8. The summed E-state index contributed by atoms with van der Waals surface area (Å²) in [5, 5.41) is 3.40. The number of para-hydroxylation sites is 1. The summed E-state index contributed by atoms with van der Waals surface area (Å²) in [5.74, 6) is 0.489. The molecule has 0 spiro atoms. The Morgan fingerprint density at radius 3 is 2.34 bits per heavy atom. The van der Waals surface area contributed by atoms with Crippen LogP contribution in [-0.2, 0) is 20.7 Å². The lowest BCUT2D eigenvalue weighted by molar-refractivity contribution is -0.139. The van der Waals surface area contributed by atoms with E-state index < -0.39 is 11.9 Å². The van der Waals surface area contributed by atoms with Gasteiger partial charge in [-0.2, -0.15) is 0 Å². The van der Waals surface area contributed by atoms with E-state index in [0.29, 0.717) is 29.7 Å². The summed E-state index contributed by atoms with van der Waals surface area (Å²) >= 11 is 0. The molecular formula is C33H33NO4. The Kier molecular flexibility index (Phi) is 7.19. The number of dihydropyridines is 1. The van der Waals surface area contributed by atoms with Gasteiger partial charge in [0.15, 0.2) is 5.78 Å². The molecule has 2 aliphatic rings. The monoisotopic (exact) mass is 507 g/mol. The maximum Gasteiger partial charge on any atom is 0.336 e. The number of ether oxygens (including phenoxy) is 2. The van der Waals surface area contributed by atoms with E-state index in [1.165, 1.54) is 0 Å². The van der Waals surface area contributed by atoms with Crippen molar-refractivity contribution in [2.24, 2.45) is 5.41 Å². The molecule has 194 valence electrons. The van der Waals surface area contributed by atoms with Gasteiger partial charge in [-0.25, -0.2) is 4.79 Å². The Balaban J connectivity index is 1.49. The van der Waals surface area contributed by atoms with E-state index >= 15 is 0 Å². The highest BCUT2D eigenvalue weighted by Gasteiger charge is 2.43. The van der Waals surface area contributed by atoms with E-state index in [1.54, 1.807) is 0 Å². The van der Waals surface area contributed by atoms with Crippen molar-refractivity contribution in [3.8, 4) is 11.5 Å². The van der Waals surface area contributed by atoms with Gasteiger partial charge in [-0.3, -0.25) is 4.79 Å². The van der Waals surface area contributed by atoms with E-state index in [4.69, 9.17) is 9.47 Å². The summed E-state index contributed by atoms with van der Waals surface area (Å²) < 4.78 is 11.9. The number of nitrogens with one attached hydrogen (secondary N) is 1. The third-order valence-electron chi connectivity index (χ3n) is 7.10. The Labute approximate surface area is 224 Å². The quantitative estimate of drug-likeness (QED) is 0.354. The summed E-state index contributed by atoms with van der Waals surface area (Å²) in [7, 11) is 0. The van der Waals surface area contributed by atoms with Crippen molar-refractivity contribution in [3.05, 3.63) is 119 Å². The molecule has 0 aromatic heterocycles. The van der Waals surface area contributed by atoms with E-state index in [0.717, 1.165) is 34.7 Å². The molecule has 1 heterocycles. The first-order valence-electron chi connectivity index (χ1n) is 13.1. The van der Waals surface area contributed by atoms with Crippen LogP contribution in [0.2, 0.25) is 0 Å². The lowest BCUT2D eigenvalue weighted by atomic mass is 9.68. The molecule has 38 heavy (non-hydrogen) atoms. The highest BCUT2D eigenvalue weighted by atomic mass is 16.5.